The van der Waals surface area contributed by atoms with Crippen molar-refractivity contribution in [3.05, 3.63) is 88.0 Å². The minimum absolute atomic E-state index is 0.0576. The predicted octanol–water partition coefficient (Wildman–Crippen LogP) is 5.90. The van der Waals surface area contributed by atoms with Crippen LogP contribution in [0.1, 0.15) is 40.6 Å². The Kier molecular flexibility index (Phi) is 7.09. The molecule has 0 aliphatic rings. The second kappa shape index (κ2) is 10.1. The average Bonchev–Trinajstić information content (AvgIpc) is 3.51. The molecule has 0 aliphatic heterocycles. The maximum atomic E-state index is 14.2. The number of anilines is 1. The van der Waals surface area contributed by atoms with Crippen LogP contribution in [0.2, 0.25) is 0 Å². The van der Waals surface area contributed by atoms with E-state index in [0.29, 0.717) is 16.3 Å². The molecule has 180 valence electrons. The molecule has 2 amide bonds. The Balaban J connectivity index is 1.70. The van der Waals surface area contributed by atoms with Gasteiger partial charge in [0, 0.05) is 35.3 Å². The van der Waals surface area contributed by atoms with Crippen molar-refractivity contribution < 1.29 is 14.0 Å². The number of halogens is 1. The second-order valence-electron chi connectivity index (χ2n) is 8.89. The number of benzene rings is 2. The van der Waals surface area contributed by atoms with Crippen LogP contribution in [0, 0.1) is 11.2 Å². The summed E-state index contributed by atoms with van der Waals surface area (Å²) in [5.41, 5.74) is 2.91. The third kappa shape index (κ3) is 5.31. The van der Waals surface area contributed by atoms with Crippen molar-refractivity contribution in [3.8, 4) is 10.4 Å². The largest absolute Gasteiger partial charge is 0.345 e. The van der Waals surface area contributed by atoms with Gasteiger partial charge in [-0.15, -0.1) is 21.5 Å². The van der Waals surface area contributed by atoms with Crippen LogP contribution in [0.5, 0.6) is 0 Å². The summed E-state index contributed by atoms with van der Waals surface area (Å²) in [4.78, 5) is 29.0. The van der Waals surface area contributed by atoms with Crippen LogP contribution in [0.3, 0.4) is 0 Å². The minimum Gasteiger partial charge on any atom is -0.345 e. The molecule has 1 N–H and O–H groups in total. The number of carbonyl (C=O) groups is 2. The lowest BCUT2D eigenvalue weighted by atomic mass is 9.73. The number of nitrogens with zero attached hydrogens (tertiary/aromatic N) is 3. The second-order valence-corrected chi connectivity index (χ2v) is 10.8. The summed E-state index contributed by atoms with van der Waals surface area (Å²) in [5, 5.41) is 11.0. The van der Waals surface area contributed by atoms with Gasteiger partial charge in [-0.25, -0.2) is 4.39 Å². The maximum Gasteiger partial charge on any atom is 0.253 e. The zero-order valence-electron chi connectivity index (χ0n) is 19.8. The summed E-state index contributed by atoms with van der Waals surface area (Å²) in [5.74, 6) is -1.05. The molecule has 0 fully saturated rings. The molecule has 4 rings (SSSR count). The lowest BCUT2D eigenvalue weighted by molar-refractivity contribution is -0.124. The van der Waals surface area contributed by atoms with Gasteiger partial charge in [-0.05, 0) is 47.5 Å². The van der Waals surface area contributed by atoms with E-state index in [1.165, 1.54) is 28.4 Å². The molecule has 9 heteroatoms. The smallest absolute Gasteiger partial charge is 0.253 e. The third-order valence-electron chi connectivity index (χ3n) is 5.80. The number of thiophene rings is 1. The zero-order valence-corrected chi connectivity index (χ0v) is 21.4. The molecule has 0 aliphatic carbocycles. The molecule has 4 aromatic rings. The number of amides is 2. The molecule has 2 aromatic heterocycles. The van der Waals surface area contributed by atoms with E-state index in [2.05, 4.69) is 15.5 Å². The Morgan fingerprint density at radius 2 is 1.80 bits per heavy atom. The van der Waals surface area contributed by atoms with E-state index < -0.39 is 11.3 Å². The maximum absolute atomic E-state index is 14.2. The van der Waals surface area contributed by atoms with E-state index in [1.54, 1.807) is 49.1 Å². The standard InChI is InChI=1S/C26H25FN4O2S2/c1-26(2,24(33)29-25-30-28-15-34-25)22(18-6-5-7-19(27)14-18)21-13-12-20(35-21)16-8-10-17(11-9-16)23(32)31(3)4/h5-15,22H,1-4H3,(H,29,30,33)/t22-/m0/s1. The van der Waals surface area contributed by atoms with Gasteiger partial charge >= 0.3 is 0 Å². The van der Waals surface area contributed by atoms with Crippen LogP contribution >= 0.6 is 22.7 Å². The lowest BCUT2D eigenvalue weighted by Gasteiger charge is -2.32. The molecule has 0 unspecified atom stereocenters. The first-order chi connectivity index (χ1) is 16.7. The molecule has 2 aromatic carbocycles. The van der Waals surface area contributed by atoms with Crippen molar-refractivity contribution in [2.24, 2.45) is 5.41 Å². The molecular formula is C26H25FN4O2S2. The van der Waals surface area contributed by atoms with Crippen LogP contribution in [0.25, 0.3) is 10.4 Å². The van der Waals surface area contributed by atoms with Gasteiger partial charge in [-0.3, -0.25) is 9.59 Å². The Hall–Kier alpha value is -3.43. The van der Waals surface area contributed by atoms with E-state index in [1.807, 2.05) is 44.2 Å². The molecule has 0 saturated heterocycles. The number of aromatic nitrogens is 2. The molecular weight excluding hydrogens is 483 g/mol. The molecule has 1 atom stereocenters. The van der Waals surface area contributed by atoms with Crippen molar-refractivity contribution in [2.75, 3.05) is 19.4 Å². The van der Waals surface area contributed by atoms with E-state index in [0.717, 1.165) is 15.3 Å². The molecule has 6 nitrogen and oxygen atoms in total. The fourth-order valence-corrected chi connectivity index (χ4v) is 5.71. The van der Waals surface area contributed by atoms with Gasteiger partial charge in [-0.2, -0.15) is 0 Å². The first kappa shape index (κ1) is 24.7. The first-order valence-corrected chi connectivity index (χ1v) is 12.6. The number of hydrogen-bond acceptors (Lipinski definition) is 6. The Morgan fingerprint density at radius 1 is 1.06 bits per heavy atom. The summed E-state index contributed by atoms with van der Waals surface area (Å²) in [6.07, 6.45) is 0. The topological polar surface area (TPSA) is 75.2 Å². The van der Waals surface area contributed by atoms with E-state index in [4.69, 9.17) is 0 Å². The number of rotatable bonds is 7. The van der Waals surface area contributed by atoms with Gasteiger partial charge in [0.05, 0.1) is 5.41 Å². The van der Waals surface area contributed by atoms with Gasteiger partial charge in [0.2, 0.25) is 11.0 Å². The summed E-state index contributed by atoms with van der Waals surface area (Å²) in [7, 11) is 3.44. The van der Waals surface area contributed by atoms with Crippen molar-refractivity contribution in [1.29, 1.82) is 0 Å². The van der Waals surface area contributed by atoms with Crippen molar-refractivity contribution in [3.63, 3.8) is 0 Å². The van der Waals surface area contributed by atoms with Gasteiger partial charge in [-0.1, -0.05) is 49.4 Å². The number of carbonyl (C=O) groups excluding carboxylic acids is 2. The molecule has 0 radical (unpaired) electrons. The van der Waals surface area contributed by atoms with E-state index >= 15 is 0 Å². The van der Waals surface area contributed by atoms with E-state index in [-0.39, 0.29) is 17.6 Å². The molecule has 0 bridgehead atoms. The SMILES string of the molecule is CN(C)C(=O)c1ccc(-c2ccc([C@H](c3cccc(F)c3)C(C)(C)C(=O)Nc3nncs3)s2)cc1. The van der Waals surface area contributed by atoms with Crippen LogP contribution in [-0.4, -0.2) is 41.0 Å². The number of hydrogen-bond donors (Lipinski definition) is 1. The van der Waals surface area contributed by atoms with Crippen LogP contribution in [0.15, 0.2) is 66.2 Å². The van der Waals surface area contributed by atoms with Crippen LogP contribution in [0.4, 0.5) is 9.52 Å². The quantitative estimate of drug-likeness (QED) is 0.337. The van der Waals surface area contributed by atoms with Crippen molar-refractivity contribution in [2.45, 2.75) is 19.8 Å². The summed E-state index contributed by atoms with van der Waals surface area (Å²) in [6.45, 7) is 3.69. The monoisotopic (exact) mass is 508 g/mol. The average molecular weight is 509 g/mol. The lowest BCUT2D eigenvalue weighted by Crippen LogP contribution is -2.36. The van der Waals surface area contributed by atoms with Crippen LogP contribution in [-0.2, 0) is 4.79 Å². The summed E-state index contributed by atoms with van der Waals surface area (Å²) < 4.78 is 14.2. The zero-order chi connectivity index (χ0) is 25.2. The normalized spacial score (nSPS) is 12.3. The molecule has 0 saturated carbocycles. The Morgan fingerprint density at radius 3 is 2.43 bits per heavy atom. The minimum atomic E-state index is -0.927. The van der Waals surface area contributed by atoms with Crippen LogP contribution < -0.4 is 5.32 Å². The van der Waals surface area contributed by atoms with Gasteiger partial charge in [0.1, 0.15) is 11.3 Å². The summed E-state index contributed by atoms with van der Waals surface area (Å²) >= 11 is 2.79. The fraction of sp³-hybridized carbons (Fsp3) is 0.231. The highest BCUT2D eigenvalue weighted by Crippen LogP contribution is 2.46. The van der Waals surface area contributed by atoms with E-state index in [9.17, 15) is 14.0 Å². The van der Waals surface area contributed by atoms with Gasteiger partial charge in [0.15, 0.2) is 0 Å². The fourth-order valence-electron chi connectivity index (χ4n) is 3.94. The Bertz CT molecular complexity index is 1330. The van der Waals surface area contributed by atoms with Gasteiger partial charge in [0.25, 0.3) is 5.91 Å². The number of nitrogens with one attached hydrogen (secondary N) is 1. The van der Waals surface area contributed by atoms with Crippen molar-refractivity contribution in [1.82, 2.24) is 15.1 Å². The predicted molar refractivity (Wildman–Crippen MR) is 138 cm³/mol. The highest BCUT2D eigenvalue weighted by atomic mass is 32.1. The van der Waals surface area contributed by atoms with Gasteiger partial charge < -0.3 is 10.2 Å². The molecule has 0 spiro atoms. The first-order valence-electron chi connectivity index (χ1n) is 10.9. The Labute approximate surface area is 211 Å². The summed E-state index contributed by atoms with van der Waals surface area (Å²) in [6, 6.07) is 17.8. The third-order valence-corrected chi connectivity index (χ3v) is 7.61. The molecule has 35 heavy (non-hydrogen) atoms. The van der Waals surface area contributed by atoms with Crippen molar-refractivity contribution >= 4 is 39.6 Å². The highest BCUT2D eigenvalue weighted by Gasteiger charge is 2.40. The highest BCUT2D eigenvalue weighted by molar-refractivity contribution is 7.15. The molecule has 2 heterocycles.